The van der Waals surface area contributed by atoms with E-state index in [1.165, 1.54) is 19.3 Å². The van der Waals surface area contributed by atoms with Crippen molar-refractivity contribution in [2.45, 2.75) is 64.8 Å². The molecule has 4 rings (SSSR count). The van der Waals surface area contributed by atoms with Gasteiger partial charge in [0.25, 0.3) is 0 Å². The first kappa shape index (κ1) is 18.2. The van der Waals surface area contributed by atoms with Gasteiger partial charge in [-0.3, -0.25) is 9.59 Å². The zero-order valence-corrected chi connectivity index (χ0v) is 15.1. The predicted molar refractivity (Wildman–Crippen MR) is 90.6 cm³/mol. The van der Waals surface area contributed by atoms with E-state index >= 15 is 0 Å². The molecule has 4 aliphatic carbocycles. The first-order chi connectivity index (χ1) is 11.8. The molecule has 0 saturated heterocycles. The van der Waals surface area contributed by atoms with Crippen molar-refractivity contribution in [3.8, 4) is 0 Å². The predicted octanol–water partition coefficient (Wildman–Crippen LogP) is 2.36. The van der Waals surface area contributed by atoms with Gasteiger partial charge in [0, 0.05) is 5.41 Å². The third kappa shape index (κ3) is 3.67. The van der Waals surface area contributed by atoms with Gasteiger partial charge in [0.15, 0.2) is 0 Å². The summed E-state index contributed by atoms with van der Waals surface area (Å²) in [6.07, 6.45) is 6.36. The fourth-order valence-electron chi connectivity index (χ4n) is 5.73. The maximum Gasteiger partial charge on any atom is 0.326 e. The van der Waals surface area contributed by atoms with Crippen molar-refractivity contribution in [1.82, 2.24) is 5.32 Å². The molecule has 6 heteroatoms. The molecule has 0 heterocycles. The van der Waals surface area contributed by atoms with Crippen LogP contribution in [0, 0.1) is 29.1 Å². The summed E-state index contributed by atoms with van der Waals surface area (Å²) in [6, 6.07) is -1.05. The van der Waals surface area contributed by atoms with Crippen LogP contribution in [-0.2, 0) is 19.1 Å². The van der Waals surface area contributed by atoms with E-state index < -0.39 is 23.9 Å². The van der Waals surface area contributed by atoms with Crippen LogP contribution in [-0.4, -0.2) is 35.6 Å². The fraction of sp³-hybridized carbons (Fsp3) is 0.842. The second-order valence-corrected chi connectivity index (χ2v) is 8.47. The van der Waals surface area contributed by atoms with Crippen molar-refractivity contribution in [1.29, 1.82) is 0 Å². The second-order valence-electron chi connectivity index (χ2n) is 8.47. The first-order valence-electron chi connectivity index (χ1n) is 9.52. The highest BCUT2D eigenvalue weighted by atomic mass is 16.5. The number of carboxylic acids is 1. The number of amides is 1. The molecule has 2 atom stereocenters. The summed E-state index contributed by atoms with van der Waals surface area (Å²) in [5, 5.41) is 12.3. The van der Waals surface area contributed by atoms with Crippen molar-refractivity contribution >= 4 is 17.8 Å². The molecule has 0 radical (unpaired) electrons. The normalized spacial score (nSPS) is 35.0. The van der Waals surface area contributed by atoms with Gasteiger partial charge in [0.05, 0.1) is 13.0 Å². The van der Waals surface area contributed by atoms with Crippen molar-refractivity contribution in [2.24, 2.45) is 29.1 Å². The molecular weight excluding hydrogens is 322 g/mol. The van der Waals surface area contributed by atoms with Crippen molar-refractivity contribution in [3.05, 3.63) is 0 Å². The van der Waals surface area contributed by atoms with Crippen LogP contribution in [0.25, 0.3) is 0 Å². The number of carbonyl (C=O) groups is 3. The van der Waals surface area contributed by atoms with Gasteiger partial charge in [-0.15, -0.1) is 0 Å². The summed E-state index contributed by atoms with van der Waals surface area (Å²) in [5.74, 6) is -0.268. The number of hydrogen-bond acceptors (Lipinski definition) is 4. The highest BCUT2D eigenvalue weighted by Gasteiger charge is 2.55. The highest BCUT2D eigenvalue weighted by Crippen LogP contribution is 2.60. The largest absolute Gasteiger partial charge is 0.480 e. The lowest BCUT2D eigenvalue weighted by Gasteiger charge is -2.55. The summed E-state index contributed by atoms with van der Waals surface area (Å²) in [7, 11) is 0. The minimum Gasteiger partial charge on any atom is -0.480 e. The van der Waals surface area contributed by atoms with Crippen LogP contribution in [0.1, 0.15) is 58.8 Å². The quantitative estimate of drug-likeness (QED) is 0.687. The monoisotopic (exact) mass is 351 g/mol. The van der Waals surface area contributed by atoms with Gasteiger partial charge in [-0.25, -0.2) is 4.79 Å². The van der Waals surface area contributed by atoms with E-state index in [0.29, 0.717) is 17.8 Å². The average molecular weight is 351 g/mol. The minimum absolute atomic E-state index is 0.00797. The molecule has 6 nitrogen and oxygen atoms in total. The minimum atomic E-state index is -1.09. The molecule has 2 N–H and O–H groups in total. The molecule has 4 aliphatic rings. The molecule has 4 saturated carbocycles. The maximum absolute atomic E-state index is 13.0. The molecule has 0 unspecified atom stereocenters. The van der Waals surface area contributed by atoms with Crippen LogP contribution < -0.4 is 5.32 Å². The van der Waals surface area contributed by atoms with E-state index in [-0.39, 0.29) is 24.3 Å². The number of carboxylic acid groups (broad SMARTS) is 1. The Bertz CT molecular complexity index is 523. The molecule has 0 aromatic carbocycles. The zero-order chi connectivity index (χ0) is 18.2. The Morgan fingerprint density at radius 3 is 2.08 bits per heavy atom. The lowest BCUT2D eigenvalue weighted by molar-refractivity contribution is -0.154. The van der Waals surface area contributed by atoms with Crippen molar-refractivity contribution in [3.63, 3.8) is 0 Å². The standard InChI is InChI=1S/C19H29NO5/c1-3-25-15(21)4-11(2)16(17(22)23)20-18(24)19-8-12-5-13(9-19)7-14(6-12)10-19/h11-14,16H,3-10H2,1-2H3,(H,20,24)(H,22,23)/t11-,12?,13?,14?,16-,19?/m1/s1. The summed E-state index contributed by atoms with van der Waals surface area (Å²) in [6.45, 7) is 3.66. The second kappa shape index (κ2) is 6.96. The molecule has 4 fully saturated rings. The Kier molecular flexibility index (Phi) is 5.07. The van der Waals surface area contributed by atoms with Crippen LogP contribution in [0.5, 0.6) is 0 Å². The number of hydrogen-bond donors (Lipinski definition) is 2. The van der Waals surface area contributed by atoms with E-state index in [0.717, 1.165) is 19.3 Å². The fourth-order valence-corrected chi connectivity index (χ4v) is 5.73. The third-order valence-corrected chi connectivity index (χ3v) is 6.44. The zero-order valence-electron chi connectivity index (χ0n) is 15.1. The Morgan fingerprint density at radius 1 is 1.12 bits per heavy atom. The van der Waals surface area contributed by atoms with Crippen molar-refractivity contribution < 1.29 is 24.2 Å². The van der Waals surface area contributed by atoms with E-state index in [1.807, 2.05) is 0 Å². The van der Waals surface area contributed by atoms with E-state index in [4.69, 9.17) is 4.74 Å². The first-order valence-corrected chi connectivity index (χ1v) is 9.52. The summed E-state index contributed by atoms with van der Waals surface area (Å²) in [5.41, 5.74) is -0.383. The van der Waals surface area contributed by atoms with Crippen molar-refractivity contribution in [2.75, 3.05) is 6.61 Å². The number of ether oxygens (including phenoxy) is 1. The van der Waals surface area contributed by atoms with E-state index in [2.05, 4.69) is 5.32 Å². The number of esters is 1. The van der Waals surface area contributed by atoms with Gasteiger partial charge in [-0.1, -0.05) is 6.92 Å². The summed E-state index contributed by atoms with van der Waals surface area (Å²) in [4.78, 5) is 36.4. The highest BCUT2D eigenvalue weighted by molar-refractivity contribution is 5.88. The molecule has 1 amide bonds. The number of aliphatic carboxylic acids is 1. The van der Waals surface area contributed by atoms with Gasteiger partial charge in [-0.05, 0) is 69.1 Å². The number of rotatable bonds is 7. The summed E-state index contributed by atoms with van der Waals surface area (Å²) >= 11 is 0. The van der Waals surface area contributed by atoms with Gasteiger partial charge < -0.3 is 15.2 Å². The van der Waals surface area contributed by atoms with Crippen LogP contribution in [0.15, 0.2) is 0 Å². The van der Waals surface area contributed by atoms with Crippen LogP contribution >= 0.6 is 0 Å². The van der Waals surface area contributed by atoms with Gasteiger partial charge in [0.2, 0.25) is 5.91 Å². The lowest BCUT2D eigenvalue weighted by Crippen LogP contribution is -2.57. The third-order valence-electron chi connectivity index (χ3n) is 6.44. The molecular formula is C19H29NO5. The Morgan fingerprint density at radius 2 is 1.64 bits per heavy atom. The maximum atomic E-state index is 13.0. The smallest absolute Gasteiger partial charge is 0.326 e. The number of nitrogens with one attached hydrogen (secondary N) is 1. The molecule has 4 bridgehead atoms. The van der Waals surface area contributed by atoms with E-state index in [9.17, 15) is 19.5 Å². The lowest BCUT2D eigenvalue weighted by atomic mass is 9.49. The number of carbonyl (C=O) groups excluding carboxylic acids is 2. The molecule has 140 valence electrons. The topological polar surface area (TPSA) is 92.7 Å². The SMILES string of the molecule is CCOC(=O)C[C@@H](C)[C@@H](NC(=O)C12CC3CC(CC(C3)C1)C2)C(=O)O. The van der Waals surface area contributed by atoms with Crippen LogP contribution in [0.2, 0.25) is 0 Å². The van der Waals surface area contributed by atoms with Crippen LogP contribution in [0.3, 0.4) is 0 Å². The molecule has 25 heavy (non-hydrogen) atoms. The van der Waals surface area contributed by atoms with Gasteiger partial charge >= 0.3 is 11.9 Å². The Labute approximate surface area is 148 Å². The molecule has 0 aromatic heterocycles. The Hall–Kier alpha value is -1.59. The molecule has 0 aliphatic heterocycles. The van der Waals surface area contributed by atoms with E-state index in [1.54, 1.807) is 13.8 Å². The van der Waals surface area contributed by atoms with Crippen LogP contribution in [0.4, 0.5) is 0 Å². The molecule has 0 aromatic rings. The average Bonchev–Trinajstić information content (AvgIpc) is 2.50. The molecule has 0 spiro atoms. The summed E-state index contributed by atoms with van der Waals surface area (Å²) < 4.78 is 4.90. The van der Waals surface area contributed by atoms with Gasteiger partial charge in [0.1, 0.15) is 6.04 Å². The van der Waals surface area contributed by atoms with Gasteiger partial charge in [-0.2, -0.15) is 0 Å². The Balaban J connectivity index is 1.67.